The zero-order chi connectivity index (χ0) is 15.1. The van der Waals surface area contributed by atoms with Gasteiger partial charge in [0, 0.05) is 10.6 Å². The third kappa shape index (κ3) is 2.28. The van der Waals surface area contributed by atoms with Crippen molar-refractivity contribution in [1.29, 1.82) is 0 Å². The van der Waals surface area contributed by atoms with Gasteiger partial charge in [0.2, 0.25) is 0 Å². The van der Waals surface area contributed by atoms with Crippen LogP contribution in [0.1, 0.15) is 39.6 Å². The highest BCUT2D eigenvalue weighted by Gasteiger charge is 2.31. The topological polar surface area (TPSA) is 52.3 Å². The van der Waals surface area contributed by atoms with Crippen molar-refractivity contribution in [3.63, 3.8) is 0 Å². The first kappa shape index (κ1) is 14.0. The molecule has 0 radical (unpaired) electrons. The summed E-state index contributed by atoms with van der Waals surface area (Å²) >= 11 is 6.21. The van der Waals surface area contributed by atoms with Crippen LogP contribution in [0, 0.1) is 13.8 Å². The summed E-state index contributed by atoms with van der Waals surface area (Å²) in [6.07, 6.45) is -0.110. The molecule has 1 heterocycles. The third-order valence-corrected chi connectivity index (χ3v) is 4.37. The van der Waals surface area contributed by atoms with E-state index < -0.39 is 0 Å². The van der Waals surface area contributed by atoms with E-state index in [1.165, 1.54) is 0 Å². The van der Waals surface area contributed by atoms with Crippen LogP contribution in [0.5, 0.6) is 5.75 Å². The van der Waals surface area contributed by atoms with Crippen molar-refractivity contribution in [1.82, 2.24) is 0 Å². The fourth-order valence-electron chi connectivity index (χ4n) is 2.62. The monoisotopic (exact) mass is 301 g/mol. The molecule has 0 fully saturated rings. The van der Waals surface area contributed by atoms with Crippen LogP contribution < -0.4 is 10.5 Å². The van der Waals surface area contributed by atoms with Crippen LogP contribution >= 0.6 is 11.6 Å². The number of carbonyl (C=O) groups is 1. The van der Waals surface area contributed by atoms with Crippen LogP contribution in [-0.2, 0) is 0 Å². The molecule has 0 bridgehead atoms. The number of anilines is 1. The van der Waals surface area contributed by atoms with E-state index in [1.807, 2.05) is 38.1 Å². The first-order chi connectivity index (χ1) is 9.99. The number of ether oxygens (including phenoxy) is 1. The summed E-state index contributed by atoms with van der Waals surface area (Å²) in [6, 6.07) is 9.26. The van der Waals surface area contributed by atoms with E-state index in [4.69, 9.17) is 22.1 Å². The zero-order valence-electron chi connectivity index (χ0n) is 11.9. The van der Waals surface area contributed by atoms with Gasteiger partial charge in [0.1, 0.15) is 6.10 Å². The summed E-state index contributed by atoms with van der Waals surface area (Å²) in [6.45, 7) is 3.87. The number of fused-ring (bicyclic) bond motifs is 1. The number of ketones is 1. The van der Waals surface area contributed by atoms with E-state index in [2.05, 4.69) is 0 Å². The van der Waals surface area contributed by atoms with Crippen LogP contribution in [0.25, 0.3) is 0 Å². The van der Waals surface area contributed by atoms with Gasteiger partial charge in [-0.05, 0) is 37.1 Å². The minimum Gasteiger partial charge on any atom is -0.482 e. The molecule has 108 valence electrons. The lowest BCUT2D eigenvalue weighted by atomic mass is 9.92. The number of carbonyl (C=O) groups excluding carboxylic acids is 1. The van der Waals surface area contributed by atoms with Crippen molar-refractivity contribution in [2.75, 3.05) is 5.73 Å². The number of hydrogen-bond acceptors (Lipinski definition) is 3. The highest BCUT2D eigenvalue weighted by Crippen LogP contribution is 2.42. The summed E-state index contributed by atoms with van der Waals surface area (Å²) in [4.78, 5) is 12.4. The number of aryl methyl sites for hydroxylation is 1. The Morgan fingerprint density at radius 2 is 2.00 bits per heavy atom. The molecule has 2 aromatic rings. The molecule has 1 aliphatic rings. The number of halogens is 1. The Morgan fingerprint density at radius 3 is 2.71 bits per heavy atom. The number of Topliss-reactive ketones (excluding diaryl/α,β-unsaturated/α-hetero) is 1. The van der Waals surface area contributed by atoms with Gasteiger partial charge in [-0.15, -0.1) is 0 Å². The highest BCUT2D eigenvalue weighted by atomic mass is 35.5. The lowest BCUT2D eigenvalue weighted by Crippen LogP contribution is -2.22. The molecule has 0 saturated carbocycles. The maximum Gasteiger partial charge on any atom is 0.170 e. The van der Waals surface area contributed by atoms with Crippen molar-refractivity contribution in [3.05, 3.63) is 57.6 Å². The predicted molar refractivity (Wildman–Crippen MR) is 84.1 cm³/mol. The molecule has 0 aliphatic carbocycles. The van der Waals surface area contributed by atoms with Crippen LogP contribution in [-0.4, -0.2) is 5.78 Å². The summed E-state index contributed by atoms with van der Waals surface area (Å²) in [5, 5.41) is 0.598. The van der Waals surface area contributed by atoms with Gasteiger partial charge in [-0.3, -0.25) is 4.79 Å². The Hall–Kier alpha value is -2.00. The lowest BCUT2D eigenvalue weighted by molar-refractivity contribution is 0.0851. The first-order valence-electron chi connectivity index (χ1n) is 6.83. The molecule has 0 amide bonds. The standard InChI is InChI=1S/C17H16ClNO2/c1-9-7-12-14(20)8-15(11-5-3-4-6-13(11)18)21-17(12)16(19)10(9)2/h3-7,15H,8,19H2,1-2H3. The van der Waals surface area contributed by atoms with E-state index in [0.717, 1.165) is 16.7 Å². The van der Waals surface area contributed by atoms with Gasteiger partial charge in [0.05, 0.1) is 17.7 Å². The Balaban J connectivity index is 2.09. The molecule has 3 nitrogen and oxygen atoms in total. The average molecular weight is 302 g/mol. The number of nitrogen functional groups attached to an aromatic ring is 1. The summed E-state index contributed by atoms with van der Waals surface area (Å²) in [5.41, 5.74) is 10.0. The summed E-state index contributed by atoms with van der Waals surface area (Å²) < 4.78 is 6.01. The molecule has 2 N–H and O–H groups in total. The molecule has 1 unspecified atom stereocenters. The maximum absolute atomic E-state index is 12.4. The molecular formula is C17H16ClNO2. The Morgan fingerprint density at radius 1 is 1.29 bits per heavy atom. The number of hydrogen-bond donors (Lipinski definition) is 1. The second-order valence-corrected chi connectivity index (χ2v) is 5.77. The van der Waals surface area contributed by atoms with Crippen molar-refractivity contribution < 1.29 is 9.53 Å². The molecule has 4 heteroatoms. The second-order valence-electron chi connectivity index (χ2n) is 5.36. The van der Waals surface area contributed by atoms with Crippen LogP contribution in [0.15, 0.2) is 30.3 Å². The summed E-state index contributed by atoms with van der Waals surface area (Å²) in [7, 11) is 0. The van der Waals surface area contributed by atoms with Crippen molar-refractivity contribution in [2.24, 2.45) is 0 Å². The molecule has 0 spiro atoms. The van der Waals surface area contributed by atoms with Gasteiger partial charge < -0.3 is 10.5 Å². The van der Waals surface area contributed by atoms with Gasteiger partial charge in [-0.25, -0.2) is 0 Å². The SMILES string of the molecule is Cc1cc2c(c(N)c1C)OC(c1ccccc1Cl)CC2=O. The Labute approximate surface area is 128 Å². The Kier molecular flexibility index (Phi) is 3.38. The van der Waals surface area contributed by atoms with Gasteiger partial charge >= 0.3 is 0 Å². The molecular weight excluding hydrogens is 286 g/mol. The van der Waals surface area contributed by atoms with Crippen LogP contribution in [0.3, 0.4) is 0 Å². The number of nitrogens with two attached hydrogens (primary N) is 1. The van der Waals surface area contributed by atoms with E-state index in [-0.39, 0.29) is 18.3 Å². The average Bonchev–Trinajstić information content (AvgIpc) is 2.46. The fourth-order valence-corrected chi connectivity index (χ4v) is 2.88. The molecule has 2 aromatic carbocycles. The molecule has 21 heavy (non-hydrogen) atoms. The lowest BCUT2D eigenvalue weighted by Gasteiger charge is -2.28. The van der Waals surface area contributed by atoms with E-state index in [9.17, 15) is 4.79 Å². The van der Waals surface area contributed by atoms with Crippen molar-refractivity contribution in [2.45, 2.75) is 26.4 Å². The molecule has 0 aromatic heterocycles. The second kappa shape index (κ2) is 5.08. The van der Waals surface area contributed by atoms with Crippen LogP contribution in [0.2, 0.25) is 5.02 Å². The number of benzene rings is 2. The maximum atomic E-state index is 12.4. The zero-order valence-corrected chi connectivity index (χ0v) is 12.7. The fraction of sp³-hybridized carbons (Fsp3) is 0.235. The quantitative estimate of drug-likeness (QED) is 0.801. The summed E-state index contributed by atoms with van der Waals surface area (Å²) in [5.74, 6) is 0.523. The van der Waals surface area contributed by atoms with E-state index >= 15 is 0 Å². The van der Waals surface area contributed by atoms with Gasteiger partial charge in [0.25, 0.3) is 0 Å². The minimum atomic E-state index is -0.386. The normalized spacial score (nSPS) is 17.3. The molecule has 1 aliphatic heterocycles. The van der Waals surface area contributed by atoms with Crippen molar-refractivity contribution >= 4 is 23.1 Å². The van der Waals surface area contributed by atoms with E-state index in [1.54, 1.807) is 6.07 Å². The first-order valence-corrected chi connectivity index (χ1v) is 7.20. The molecule has 0 saturated heterocycles. The minimum absolute atomic E-state index is 0.0379. The number of rotatable bonds is 1. The van der Waals surface area contributed by atoms with Gasteiger partial charge in [-0.1, -0.05) is 29.8 Å². The third-order valence-electron chi connectivity index (χ3n) is 4.03. The van der Waals surface area contributed by atoms with Gasteiger partial charge in [0.15, 0.2) is 11.5 Å². The van der Waals surface area contributed by atoms with E-state index in [0.29, 0.717) is 22.0 Å². The van der Waals surface area contributed by atoms with Crippen LogP contribution in [0.4, 0.5) is 5.69 Å². The largest absolute Gasteiger partial charge is 0.482 e. The van der Waals surface area contributed by atoms with Crippen molar-refractivity contribution in [3.8, 4) is 5.75 Å². The highest BCUT2D eigenvalue weighted by molar-refractivity contribution is 6.31. The predicted octanol–water partition coefficient (Wildman–Crippen LogP) is 4.25. The van der Waals surface area contributed by atoms with Gasteiger partial charge in [-0.2, -0.15) is 0 Å². The smallest absolute Gasteiger partial charge is 0.170 e. The Bertz CT molecular complexity index is 740. The molecule has 3 rings (SSSR count). The molecule has 1 atom stereocenters.